The molecule has 0 unspecified atom stereocenters. The highest BCUT2D eigenvalue weighted by Crippen LogP contribution is 2.04. The van der Waals surface area contributed by atoms with Crippen molar-refractivity contribution in [1.82, 2.24) is 4.98 Å². The fraction of sp³-hybridized carbons (Fsp3) is 0.333. The fourth-order valence-corrected chi connectivity index (χ4v) is 1.23. The largest absolute Gasteiger partial charge is 0.288 e. The molecular formula is C9H10INO. The summed E-state index contributed by atoms with van der Waals surface area (Å²) in [6.45, 7) is 2.02. The van der Waals surface area contributed by atoms with Gasteiger partial charge in [-0.15, -0.1) is 0 Å². The van der Waals surface area contributed by atoms with E-state index in [1.807, 2.05) is 41.6 Å². The highest BCUT2D eigenvalue weighted by molar-refractivity contribution is 14.1. The number of halogens is 1. The van der Waals surface area contributed by atoms with E-state index in [2.05, 4.69) is 4.98 Å². The Kier molecular flexibility index (Phi) is 3.65. The quantitative estimate of drug-likeness (QED) is 0.625. The monoisotopic (exact) mass is 275 g/mol. The van der Waals surface area contributed by atoms with Crippen LogP contribution < -0.4 is 0 Å². The number of rotatable bonds is 3. The van der Waals surface area contributed by atoms with Gasteiger partial charge < -0.3 is 0 Å². The molecule has 0 aliphatic heterocycles. The van der Waals surface area contributed by atoms with E-state index in [1.165, 1.54) is 5.56 Å². The third kappa shape index (κ3) is 3.30. The second-order valence-electron chi connectivity index (χ2n) is 2.68. The van der Waals surface area contributed by atoms with Gasteiger partial charge in [0.15, 0.2) is 3.79 Å². The van der Waals surface area contributed by atoms with Gasteiger partial charge >= 0.3 is 0 Å². The first-order valence-corrected chi connectivity index (χ1v) is 4.86. The Morgan fingerprint density at radius 1 is 1.67 bits per heavy atom. The summed E-state index contributed by atoms with van der Waals surface area (Å²) in [6.07, 6.45) is 3.11. The number of pyridine rings is 1. The van der Waals surface area contributed by atoms with Crippen LogP contribution in [-0.2, 0) is 11.2 Å². The second-order valence-corrected chi connectivity index (χ2v) is 3.88. The van der Waals surface area contributed by atoms with Crippen molar-refractivity contribution in [3.8, 4) is 0 Å². The number of aryl methyl sites for hydroxylation is 2. The van der Waals surface area contributed by atoms with Gasteiger partial charge in [0.2, 0.25) is 0 Å². The lowest BCUT2D eigenvalue weighted by molar-refractivity contribution is -0.109. The zero-order chi connectivity index (χ0) is 8.97. The zero-order valence-electron chi connectivity index (χ0n) is 6.88. The van der Waals surface area contributed by atoms with Crippen LogP contribution in [0, 0.1) is 6.92 Å². The summed E-state index contributed by atoms with van der Waals surface area (Å²) in [5, 5.41) is 0. The summed E-state index contributed by atoms with van der Waals surface area (Å²) in [5.41, 5.74) is 2.20. The molecule has 0 fully saturated rings. The molecule has 64 valence electrons. The lowest BCUT2D eigenvalue weighted by Crippen LogP contribution is -1.94. The molecule has 0 amide bonds. The molecule has 0 spiro atoms. The van der Waals surface area contributed by atoms with Crippen LogP contribution in [0.1, 0.15) is 17.7 Å². The van der Waals surface area contributed by atoms with E-state index < -0.39 is 0 Å². The Morgan fingerprint density at radius 2 is 2.42 bits per heavy atom. The van der Waals surface area contributed by atoms with Crippen molar-refractivity contribution in [3.05, 3.63) is 29.6 Å². The molecule has 0 radical (unpaired) electrons. The summed E-state index contributed by atoms with van der Waals surface area (Å²) in [6, 6.07) is 3.97. The molecule has 12 heavy (non-hydrogen) atoms. The van der Waals surface area contributed by atoms with Crippen LogP contribution in [0.5, 0.6) is 0 Å². The Bertz CT molecular complexity index is 286. The Morgan fingerprint density at radius 3 is 3.00 bits per heavy atom. The summed E-state index contributed by atoms with van der Waals surface area (Å²) >= 11 is 1.81. The first-order valence-electron chi connectivity index (χ1n) is 3.78. The minimum atomic E-state index is 0.191. The van der Waals surface area contributed by atoms with E-state index in [1.54, 1.807) is 6.20 Å². The third-order valence-corrected chi connectivity index (χ3v) is 2.09. The lowest BCUT2D eigenvalue weighted by Gasteiger charge is -1.97. The van der Waals surface area contributed by atoms with Crippen molar-refractivity contribution in [2.24, 2.45) is 0 Å². The maximum atomic E-state index is 10.7. The van der Waals surface area contributed by atoms with Gasteiger partial charge in [0.1, 0.15) is 0 Å². The summed E-state index contributed by atoms with van der Waals surface area (Å²) in [5.74, 6) is 0. The van der Waals surface area contributed by atoms with Gasteiger partial charge in [-0.25, -0.2) is 0 Å². The van der Waals surface area contributed by atoms with Crippen LogP contribution in [0.2, 0.25) is 0 Å². The van der Waals surface area contributed by atoms with E-state index >= 15 is 0 Å². The van der Waals surface area contributed by atoms with Crippen LogP contribution in [0.3, 0.4) is 0 Å². The summed E-state index contributed by atoms with van der Waals surface area (Å²) < 4.78 is 0.191. The molecule has 0 atom stereocenters. The number of aromatic nitrogens is 1. The van der Waals surface area contributed by atoms with Crippen molar-refractivity contribution in [2.75, 3.05) is 0 Å². The van der Waals surface area contributed by atoms with Crippen LogP contribution >= 0.6 is 22.6 Å². The molecule has 0 aliphatic carbocycles. The standard InChI is InChI=1S/C9H10INO/c1-7-4-5-11-8(6-7)2-3-9(10)12/h4-6H,2-3H2,1H3. The first-order chi connectivity index (χ1) is 5.68. The molecule has 0 bridgehead atoms. The molecular weight excluding hydrogens is 265 g/mol. The number of carbonyl (C=O) groups excluding carboxylic acids is 1. The summed E-state index contributed by atoms with van der Waals surface area (Å²) in [7, 11) is 0. The van der Waals surface area contributed by atoms with E-state index in [0.29, 0.717) is 6.42 Å². The molecule has 2 nitrogen and oxygen atoms in total. The fourth-order valence-electron chi connectivity index (χ4n) is 0.962. The highest BCUT2D eigenvalue weighted by atomic mass is 127. The van der Waals surface area contributed by atoms with Crippen molar-refractivity contribution < 1.29 is 4.79 Å². The number of hydrogen-bond donors (Lipinski definition) is 0. The molecule has 1 rings (SSSR count). The number of hydrogen-bond acceptors (Lipinski definition) is 2. The van der Waals surface area contributed by atoms with Crippen LogP contribution in [-0.4, -0.2) is 8.77 Å². The minimum Gasteiger partial charge on any atom is -0.288 e. The van der Waals surface area contributed by atoms with Crippen molar-refractivity contribution >= 4 is 26.4 Å². The van der Waals surface area contributed by atoms with Crippen LogP contribution in [0.4, 0.5) is 0 Å². The molecule has 1 heterocycles. The van der Waals surface area contributed by atoms with E-state index in [-0.39, 0.29) is 3.79 Å². The average molecular weight is 275 g/mol. The molecule has 1 aromatic heterocycles. The average Bonchev–Trinajstić information content (AvgIpc) is 2.01. The predicted octanol–water partition coefficient (Wildman–Crippen LogP) is 2.28. The maximum Gasteiger partial charge on any atom is 0.192 e. The Hall–Kier alpha value is -0.450. The Labute approximate surface area is 85.5 Å². The lowest BCUT2D eigenvalue weighted by atomic mass is 10.2. The smallest absolute Gasteiger partial charge is 0.192 e. The van der Waals surface area contributed by atoms with Gasteiger partial charge in [-0.1, -0.05) is 0 Å². The van der Waals surface area contributed by atoms with Gasteiger partial charge in [0, 0.05) is 18.3 Å². The van der Waals surface area contributed by atoms with Crippen molar-refractivity contribution in [3.63, 3.8) is 0 Å². The number of nitrogens with zero attached hydrogens (tertiary/aromatic N) is 1. The second kappa shape index (κ2) is 4.54. The van der Waals surface area contributed by atoms with Gasteiger partial charge in [-0.3, -0.25) is 9.78 Å². The van der Waals surface area contributed by atoms with E-state index in [4.69, 9.17) is 0 Å². The third-order valence-electron chi connectivity index (χ3n) is 1.55. The zero-order valence-corrected chi connectivity index (χ0v) is 9.04. The maximum absolute atomic E-state index is 10.7. The van der Waals surface area contributed by atoms with Crippen LogP contribution in [0.15, 0.2) is 18.3 Å². The SMILES string of the molecule is Cc1ccnc(CCC(=O)I)c1. The van der Waals surface area contributed by atoms with Gasteiger partial charge in [-0.2, -0.15) is 0 Å². The molecule has 3 heteroatoms. The van der Waals surface area contributed by atoms with Gasteiger partial charge in [-0.05, 0) is 53.6 Å². The van der Waals surface area contributed by atoms with E-state index in [0.717, 1.165) is 12.1 Å². The van der Waals surface area contributed by atoms with Crippen LogP contribution in [0.25, 0.3) is 0 Å². The topological polar surface area (TPSA) is 30.0 Å². The predicted molar refractivity (Wildman–Crippen MR) is 56.3 cm³/mol. The molecule has 0 aromatic carbocycles. The minimum absolute atomic E-state index is 0.191. The molecule has 0 saturated carbocycles. The van der Waals surface area contributed by atoms with E-state index in [9.17, 15) is 4.79 Å². The molecule has 1 aromatic rings. The van der Waals surface area contributed by atoms with Crippen molar-refractivity contribution in [1.29, 1.82) is 0 Å². The van der Waals surface area contributed by atoms with Gasteiger partial charge in [0.25, 0.3) is 0 Å². The molecule has 0 aliphatic rings. The van der Waals surface area contributed by atoms with Crippen molar-refractivity contribution in [2.45, 2.75) is 19.8 Å². The normalized spacial score (nSPS) is 9.83. The Balaban J connectivity index is 2.57. The summed E-state index contributed by atoms with van der Waals surface area (Å²) in [4.78, 5) is 14.8. The number of carbonyl (C=O) groups is 1. The molecule has 0 saturated heterocycles. The molecule has 0 N–H and O–H groups in total. The van der Waals surface area contributed by atoms with Gasteiger partial charge in [0.05, 0.1) is 0 Å². The first kappa shape index (κ1) is 9.64. The highest BCUT2D eigenvalue weighted by Gasteiger charge is 1.98.